The van der Waals surface area contributed by atoms with E-state index in [1.165, 1.54) is 18.5 Å². The van der Waals surface area contributed by atoms with Crippen LogP contribution in [-0.2, 0) is 6.42 Å². The number of halogens is 2. The average Bonchev–Trinajstić information content (AvgIpc) is 2.85. The summed E-state index contributed by atoms with van der Waals surface area (Å²) in [5.74, 6) is 0.540. The Morgan fingerprint density at radius 2 is 2.33 bits per heavy atom. The molecule has 18 heavy (non-hydrogen) atoms. The van der Waals surface area contributed by atoms with Gasteiger partial charge in [-0.05, 0) is 30.7 Å². The SMILES string of the molecule is CCNC(Cc1ccc(F)cc1Br)c1ncn[nH]1. The van der Waals surface area contributed by atoms with E-state index in [1.54, 1.807) is 6.07 Å². The highest BCUT2D eigenvalue weighted by molar-refractivity contribution is 9.10. The van der Waals surface area contributed by atoms with Gasteiger partial charge in [-0.2, -0.15) is 5.10 Å². The zero-order valence-corrected chi connectivity index (χ0v) is 11.5. The minimum atomic E-state index is -0.245. The van der Waals surface area contributed by atoms with Crippen LogP contribution in [0.25, 0.3) is 0 Å². The number of likely N-dealkylation sites (N-methyl/N-ethyl adjacent to an activating group) is 1. The lowest BCUT2D eigenvalue weighted by Gasteiger charge is -2.16. The molecule has 1 unspecified atom stereocenters. The Labute approximate surface area is 113 Å². The molecule has 0 aliphatic carbocycles. The first-order valence-electron chi connectivity index (χ1n) is 5.73. The minimum absolute atomic E-state index is 0.0410. The van der Waals surface area contributed by atoms with Crippen molar-refractivity contribution in [2.45, 2.75) is 19.4 Å². The smallest absolute Gasteiger partial charge is 0.141 e. The van der Waals surface area contributed by atoms with E-state index in [-0.39, 0.29) is 11.9 Å². The Morgan fingerprint density at radius 3 is 2.94 bits per heavy atom. The molecule has 2 rings (SSSR count). The Bertz CT molecular complexity index is 501. The molecule has 0 radical (unpaired) electrons. The van der Waals surface area contributed by atoms with E-state index < -0.39 is 0 Å². The molecule has 0 fully saturated rings. The third-order valence-corrected chi connectivity index (χ3v) is 3.39. The van der Waals surface area contributed by atoms with Crippen molar-refractivity contribution in [3.05, 3.63) is 46.2 Å². The number of nitrogens with one attached hydrogen (secondary N) is 2. The van der Waals surface area contributed by atoms with Crippen molar-refractivity contribution in [1.82, 2.24) is 20.5 Å². The topological polar surface area (TPSA) is 53.6 Å². The van der Waals surface area contributed by atoms with Gasteiger partial charge in [0.1, 0.15) is 18.0 Å². The molecule has 0 amide bonds. The quantitative estimate of drug-likeness (QED) is 0.892. The highest BCUT2D eigenvalue weighted by Crippen LogP contribution is 2.23. The van der Waals surface area contributed by atoms with Crippen molar-refractivity contribution in [2.75, 3.05) is 6.54 Å². The largest absolute Gasteiger partial charge is 0.307 e. The summed E-state index contributed by atoms with van der Waals surface area (Å²) in [6.07, 6.45) is 2.20. The molecule has 0 saturated carbocycles. The summed E-state index contributed by atoms with van der Waals surface area (Å²) in [7, 11) is 0. The number of rotatable bonds is 5. The van der Waals surface area contributed by atoms with Gasteiger partial charge in [-0.25, -0.2) is 9.37 Å². The summed E-state index contributed by atoms with van der Waals surface area (Å²) in [4.78, 5) is 4.16. The maximum Gasteiger partial charge on any atom is 0.141 e. The van der Waals surface area contributed by atoms with Crippen LogP contribution in [-0.4, -0.2) is 21.7 Å². The van der Waals surface area contributed by atoms with E-state index in [2.05, 4.69) is 36.4 Å². The Kier molecular flexibility index (Phi) is 4.43. The average molecular weight is 313 g/mol. The van der Waals surface area contributed by atoms with Gasteiger partial charge in [-0.3, -0.25) is 5.10 Å². The normalized spacial score (nSPS) is 12.6. The van der Waals surface area contributed by atoms with Gasteiger partial charge in [0, 0.05) is 4.47 Å². The lowest BCUT2D eigenvalue weighted by atomic mass is 10.1. The van der Waals surface area contributed by atoms with E-state index in [4.69, 9.17) is 0 Å². The molecule has 0 spiro atoms. The van der Waals surface area contributed by atoms with Gasteiger partial charge >= 0.3 is 0 Å². The van der Waals surface area contributed by atoms with Crippen LogP contribution in [0.15, 0.2) is 29.0 Å². The van der Waals surface area contributed by atoms with Gasteiger partial charge in [-0.1, -0.05) is 28.9 Å². The predicted octanol–water partition coefficient (Wildman–Crippen LogP) is 2.60. The fourth-order valence-electron chi connectivity index (χ4n) is 1.80. The van der Waals surface area contributed by atoms with Crippen LogP contribution in [0.2, 0.25) is 0 Å². The zero-order valence-electron chi connectivity index (χ0n) is 9.95. The summed E-state index contributed by atoms with van der Waals surface area (Å²) in [6, 6.07) is 4.75. The van der Waals surface area contributed by atoms with E-state index in [0.717, 1.165) is 22.4 Å². The maximum absolute atomic E-state index is 13.0. The Balaban J connectivity index is 2.18. The van der Waals surface area contributed by atoms with Crippen LogP contribution in [0.3, 0.4) is 0 Å². The van der Waals surface area contributed by atoms with Gasteiger partial charge in [0.25, 0.3) is 0 Å². The fraction of sp³-hybridized carbons (Fsp3) is 0.333. The molecule has 1 heterocycles. The minimum Gasteiger partial charge on any atom is -0.307 e. The van der Waals surface area contributed by atoms with E-state index in [0.29, 0.717) is 6.42 Å². The Morgan fingerprint density at radius 1 is 1.50 bits per heavy atom. The monoisotopic (exact) mass is 312 g/mol. The molecule has 1 atom stereocenters. The molecular weight excluding hydrogens is 299 g/mol. The van der Waals surface area contributed by atoms with E-state index in [9.17, 15) is 4.39 Å². The molecule has 2 N–H and O–H groups in total. The summed E-state index contributed by atoms with van der Waals surface area (Å²) < 4.78 is 13.8. The number of nitrogens with zero attached hydrogens (tertiary/aromatic N) is 2. The molecule has 0 saturated heterocycles. The third kappa shape index (κ3) is 3.14. The van der Waals surface area contributed by atoms with Crippen molar-refractivity contribution in [3.63, 3.8) is 0 Å². The van der Waals surface area contributed by atoms with Gasteiger partial charge in [0.2, 0.25) is 0 Å². The van der Waals surface area contributed by atoms with E-state index in [1.807, 2.05) is 6.92 Å². The summed E-state index contributed by atoms with van der Waals surface area (Å²) in [5, 5.41) is 10.0. The first-order chi connectivity index (χ1) is 8.70. The molecule has 1 aromatic heterocycles. The Hall–Kier alpha value is -1.27. The van der Waals surface area contributed by atoms with Crippen molar-refractivity contribution < 1.29 is 4.39 Å². The highest BCUT2D eigenvalue weighted by atomic mass is 79.9. The second-order valence-corrected chi connectivity index (χ2v) is 4.78. The number of aromatic amines is 1. The fourth-order valence-corrected chi connectivity index (χ4v) is 2.31. The standard InChI is InChI=1S/C12H14BrFN4/c1-2-15-11(12-16-7-17-18-12)5-8-3-4-9(14)6-10(8)13/h3-4,6-7,11,15H,2,5H2,1H3,(H,16,17,18). The lowest BCUT2D eigenvalue weighted by molar-refractivity contribution is 0.522. The lowest BCUT2D eigenvalue weighted by Crippen LogP contribution is -2.24. The van der Waals surface area contributed by atoms with Crippen LogP contribution in [0, 0.1) is 5.82 Å². The second-order valence-electron chi connectivity index (χ2n) is 3.92. The van der Waals surface area contributed by atoms with Crippen LogP contribution < -0.4 is 5.32 Å². The zero-order chi connectivity index (χ0) is 13.0. The summed E-state index contributed by atoms with van der Waals surface area (Å²) >= 11 is 3.38. The number of H-pyrrole nitrogens is 1. The maximum atomic E-state index is 13.0. The number of hydrogen-bond acceptors (Lipinski definition) is 3. The van der Waals surface area contributed by atoms with Crippen LogP contribution in [0.5, 0.6) is 0 Å². The van der Waals surface area contributed by atoms with Gasteiger partial charge in [0.05, 0.1) is 6.04 Å². The van der Waals surface area contributed by atoms with Crippen LogP contribution >= 0.6 is 15.9 Å². The number of benzene rings is 1. The molecular formula is C12H14BrFN4. The van der Waals surface area contributed by atoms with Crippen molar-refractivity contribution in [2.24, 2.45) is 0 Å². The van der Waals surface area contributed by atoms with Crippen molar-refractivity contribution >= 4 is 15.9 Å². The van der Waals surface area contributed by atoms with Crippen LogP contribution in [0.4, 0.5) is 4.39 Å². The second kappa shape index (κ2) is 6.06. The molecule has 0 bridgehead atoms. The predicted molar refractivity (Wildman–Crippen MR) is 70.6 cm³/mol. The molecule has 1 aromatic carbocycles. The molecule has 4 nitrogen and oxygen atoms in total. The first-order valence-corrected chi connectivity index (χ1v) is 6.52. The molecule has 96 valence electrons. The van der Waals surface area contributed by atoms with Gasteiger partial charge < -0.3 is 5.32 Å². The molecule has 6 heteroatoms. The van der Waals surface area contributed by atoms with Gasteiger partial charge in [0.15, 0.2) is 0 Å². The van der Waals surface area contributed by atoms with Crippen molar-refractivity contribution in [1.29, 1.82) is 0 Å². The van der Waals surface area contributed by atoms with Crippen LogP contribution in [0.1, 0.15) is 24.4 Å². The molecule has 2 aromatic rings. The highest BCUT2D eigenvalue weighted by Gasteiger charge is 2.15. The first kappa shape index (κ1) is 13.2. The number of aromatic nitrogens is 3. The summed E-state index contributed by atoms with van der Waals surface area (Å²) in [5.41, 5.74) is 1.03. The van der Waals surface area contributed by atoms with Crippen molar-refractivity contribution in [3.8, 4) is 0 Å². The van der Waals surface area contributed by atoms with E-state index >= 15 is 0 Å². The van der Waals surface area contributed by atoms with Gasteiger partial charge in [-0.15, -0.1) is 0 Å². The number of hydrogen-bond donors (Lipinski definition) is 2. The molecule has 0 aliphatic rings. The summed E-state index contributed by atoms with van der Waals surface area (Å²) in [6.45, 7) is 2.85. The molecule has 0 aliphatic heterocycles. The third-order valence-electron chi connectivity index (χ3n) is 2.65.